The van der Waals surface area contributed by atoms with Crippen molar-refractivity contribution < 1.29 is 9.31 Å². The van der Waals surface area contributed by atoms with Crippen LogP contribution < -0.4 is 5.32 Å². The van der Waals surface area contributed by atoms with Crippen molar-refractivity contribution in [2.24, 2.45) is 0 Å². The van der Waals surface area contributed by atoms with Crippen molar-refractivity contribution in [3.05, 3.63) is 39.7 Å². The number of likely N-dealkylation sites (N-methyl/N-ethyl adjacent to an activating group) is 1. The quantitative estimate of drug-likeness (QED) is 0.626. The average Bonchev–Trinajstić information content (AvgIpc) is 2.32. The summed E-state index contributed by atoms with van der Waals surface area (Å²) >= 11 is 0. The lowest BCUT2D eigenvalue weighted by atomic mass is 9.89. The van der Waals surface area contributed by atoms with Gasteiger partial charge in [0.2, 0.25) is 0 Å². The van der Waals surface area contributed by atoms with E-state index in [0.717, 1.165) is 19.0 Å². The third-order valence-electron chi connectivity index (χ3n) is 3.16. The molecule has 0 aliphatic rings. The Balaban J connectivity index is 3.16. The van der Waals surface area contributed by atoms with Gasteiger partial charge in [0.1, 0.15) is 5.82 Å². The third-order valence-corrected chi connectivity index (χ3v) is 3.16. The molecule has 1 N–H and O–H groups in total. The van der Waals surface area contributed by atoms with Crippen LogP contribution in [-0.2, 0) is 0 Å². The molecule has 1 rings (SSSR count). The van der Waals surface area contributed by atoms with Gasteiger partial charge in [-0.3, -0.25) is 10.1 Å². The molecule has 1 aromatic carbocycles. The highest BCUT2D eigenvalue weighted by Crippen LogP contribution is 2.31. The number of halogens is 1. The summed E-state index contributed by atoms with van der Waals surface area (Å²) in [7, 11) is 0. The van der Waals surface area contributed by atoms with Crippen LogP contribution in [0.1, 0.15) is 38.7 Å². The summed E-state index contributed by atoms with van der Waals surface area (Å²) in [6.07, 6.45) is 0.765. The van der Waals surface area contributed by atoms with Gasteiger partial charge in [-0.1, -0.05) is 13.8 Å². The predicted molar refractivity (Wildman–Crippen MR) is 69.2 cm³/mol. The fraction of sp³-hybridized carbons (Fsp3) is 0.538. The van der Waals surface area contributed by atoms with Crippen LogP contribution in [0.25, 0.3) is 0 Å². The summed E-state index contributed by atoms with van der Waals surface area (Å²) in [5.41, 5.74) is 0.462. The molecule has 2 unspecified atom stereocenters. The topological polar surface area (TPSA) is 55.2 Å². The minimum Gasteiger partial charge on any atom is -0.314 e. The van der Waals surface area contributed by atoms with Crippen molar-refractivity contribution in [3.8, 4) is 0 Å². The van der Waals surface area contributed by atoms with E-state index in [9.17, 15) is 14.5 Å². The molecule has 1 aromatic rings. The maximum absolute atomic E-state index is 13.1. The van der Waals surface area contributed by atoms with E-state index < -0.39 is 10.7 Å². The number of nitro groups is 1. The Bertz CT molecular complexity index is 423. The second kappa shape index (κ2) is 6.44. The highest BCUT2D eigenvalue weighted by Gasteiger charge is 2.25. The molecule has 0 saturated carbocycles. The molecule has 5 heteroatoms. The normalized spacial score (nSPS) is 14.2. The zero-order chi connectivity index (χ0) is 13.7. The van der Waals surface area contributed by atoms with Crippen LogP contribution in [0.5, 0.6) is 0 Å². The van der Waals surface area contributed by atoms with Crippen molar-refractivity contribution in [3.63, 3.8) is 0 Å². The molecule has 100 valence electrons. The number of nitro benzene ring substituents is 1. The number of hydrogen-bond acceptors (Lipinski definition) is 3. The lowest BCUT2D eigenvalue weighted by Crippen LogP contribution is -2.32. The van der Waals surface area contributed by atoms with Gasteiger partial charge in [-0.2, -0.15) is 0 Å². The fourth-order valence-corrected chi connectivity index (χ4v) is 2.30. The highest BCUT2D eigenvalue weighted by atomic mass is 19.1. The molecule has 0 aliphatic heterocycles. The Kier molecular flexibility index (Phi) is 5.22. The van der Waals surface area contributed by atoms with Crippen LogP contribution >= 0.6 is 0 Å². The summed E-state index contributed by atoms with van der Waals surface area (Å²) in [5.74, 6) is -0.567. The summed E-state index contributed by atoms with van der Waals surface area (Å²) in [4.78, 5) is 10.5. The van der Waals surface area contributed by atoms with E-state index in [1.54, 1.807) is 0 Å². The monoisotopic (exact) mass is 254 g/mol. The van der Waals surface area contributed by atoms with Crippen molar-refractivity contribution in [2.75, 3.05) is 6.54 Å². The zero-order valence-electron chi connectivity index (χ0n) is 10.9. The molecule has 0 spiro atoms. The number of nitrogens with one attached hydrogen (secondary N) is 1. The minimum atomic E-state index is -0.573. The first-order valence-corrected chi connectivity index (χ1v) is 6.18. The van der Waals surface area contributed by atoms with E-state index in [2.05, 4.69) is 5.32 Å². The maximum Gasteiger partial charge on any atom is 0.275 e. The van der Waals surface area contributed by atoms with Gasteiger partial charge in [0.05, 0.1) is 11.0 Å². The minimum absolute atomic E-state index is 0.00551. The lowest BCUT2D eigenvalue weighted by molar-refractivity contribution is -0.386. The standard InChI is InChI=1S/C13H19FN2O2/c1-4-11(9(3)15-5-2)12-7-6-10(14)8-13(12)16(17)18/h6-9,11,15H,4-5H2,1-3H3. The van der Waals surface area contributed by atoms with Crippen molar-refractivity contribution in [2.45, 2.75) is 39.2 Å². The van der Waals surface area contributed by atoms with Crippen molar-refractivity contribution in [1.82, 2.24) is 5.32 Å². The van der Waals surface area contributed by atoms with Gasteiger partial charge in [-0.05, 0) is 32.0 Å². The van der Waals surface area contributed by atoms with Crippen molar-refractivity contribution in [1.29, 1.82) is 0 Å². The van der Waals surface area contributed by atoms with E-state index in [4.69, 9.17) is 0 Å². The molecule has 0 radical (unpaired) electrons. The smallest absolute Gasteiger partial charge is 0.275 e. The molecule has 2 atom stereocenters. The van der Waals surface area contributed by atoms with E-state index in [1.165, 1.54) is 12.1 Å². The fourth-order valence-electron chi connectivity index (χ4n) is 2.30. The first-order valence-electron chi connectivity index (χ1n) is 6.18. The molecule has 0 heterocycles. The average molecular weight is 254 g/mol. The van der Waals surface area contributed by atoms with Crippen LogP contribution in [0.3, 0.4) is 0 Å². The van der Waals surface area contributed by atoms with Crippen LogP contribution in [0.4, 0.5) is 10.1 Å². The predicted octanol–water partition coefficient (Wildman–Crippen LogP) is 3.23. The van der Waals surface area contributed by atoms with Crippen molar-refractivity contribution >= 4 is 5.69 Å². The largest absolute Gasteiger partial charge is 0.314 e. The van der Waals surface area contributed by atoms with E-state index >= 15 is 0 Å². The van der Waals surface area contributed by atoms with E-state index in [0.29, 0.717) is 5.56 Å². The van der Waals surface area contributed by atoms with Crippen LogP contribution in [0, 0.1) is 15.9 Å². The molecule has 0 aliphatic carbocycles. The Labute approximate surface area is 106 Å². The van der Waals surface area contributed by atoms with E-state index in [-0.39, 0.29) is 17.6 Å². The van der Waals surface area contributed by atoms with Crippen LogP contribution in [0.2, 0.25) is 0 Å². The van der Waals surface area contributed by atoms with Gasteiger partial charge in [-0.25, -0.2) is 4.39 Å². The summed E-state index contributed by atoms with van der Waals surface area (Å²) in [6, 6.07) is 3.92. The van der Waals surface area contributed by atoms with Gasteiger partial charge in [0.25, 0.3) is 5.69 Å². The SMILES string of the molecule is CCNC(C)C(CC)c1ccc(F)cc1[N+](=O)[O-]. The summed E-state index contributed by atoms with van der Waals surface area (Å²) < 4.78 is 13.1. The Morgan fingerprint density at radius 2 is 2.11 bits per heavy atom. The Morgan fingerprint density at radius 3 is 2.61 bits per heavy atom. The highest BCUT2D eigenvalue weighted by molar-refractivity contribution is 5.43. The van der Waals surface area contributed by atoms with Gasteiger partial charge in [0.15, 0.2) is 0 Å². The van der Waals surface area contributed by atoms with E-state index in [1.807, 2.05) is 20.8 Å². The molecular formula is C13H19FN2O2. The lowest BCUT2D eigenvalue weighted by Gasteiger charge is -2.23. The Morgan fingerprint density at radius 1 is 1.44 bits per heavy atom. The maximum atomic E-state index is 13.1. The van der Waals surface area contributed by atoms with Gasteiger partial charge >= 0.3 is 0 Å². The molecule has 18 heavy (non-hydrogen) atoms. The van der Waals surface area contributed by atoms with Crippen LogP contribution in [-0.4, -0.2) is 17.5 Å². The third kappa shape index (κ3) is 3.26. The molecule has 0 bridgehead atoms. The molecule has 0 saturated heterocycles. The molecule has 0 fully saturated rings. The van der Waals surface area contributed by atoms with Gasteiger partial charge in [-0.15, -0.1) is 0 Å². The summed E-state index contributed by atoms with van der Waals surface area (Å²) in [5, 5.41) is 14.3. The van der Waals surface area contributed by atoms with Gasteiger partial charge in [0, 0.05) is 17.5 Å². The summed E-state index contributed by atoms with van der Waals surface area (Å²) in [6.45, 7) is 6.76. The molecule has 0 amide bonds. The molecular weight excluding hydrogens is 235 g/mol. The zero-order valence-corrected chi connectivity index (χ0v) is 10.9. The van der Waals surface area contributed by atoms with Crippen LogP contribution in [0.15, 0.2) is 18.2 Å². The number of rotatable bonds is 6. The number of nitrogens with zero attached hydrogens (tertiary/aromatic N) is 1. The molecule has 4 nitrogen and oxygen atoms in total. The second-order valence-electron chi connectivity index (χ2n) is 4.32. The van der Waals surface area contributed by atoms with Gasteiger partial charge < -0.3 is 5.32 Å². The molecule has 0 aromatic heterocycles. The Hall–Kier alpha value is -1.49. The number of benzene rings is 1. The first kappa shape index (κ1) is 14.6. The number of hydrogen-bond donors (Lipinski definition) is 1. The first-order chi connectivity index (χ1) is 8.51. The second-order valence-corrected chi connectivity index (χ2v) is 4.32.